The molecule has 0 atom stereocenters. The van der Waals surface area contributed by atoms with Crippen molar-refractivity contribution in [2.75, 3.05) is 13.1 Å². The first kappa shape index (κ1) is 13.5. The molecule has 94 valence electrons. The van der Waals surface area contributed by atoms with Crippen LogP contribution in [0, 0.1) is 5.41 Å². The number of rotatable bonds is 3. The second-order valence-electron chi connectivity index (χ2n) is 4.58. The number of carbonyl (C=O) groups is 2. The molecule has 1 aliphatic rings. The topological polar surface area (TPSA) is 57.6 Å². The Hall–Kier alpha value is -1.58. The van der Waals surface area contributed by atoms with E-state index in [9.17, 15) is 9.59 Å². The predicted octanol–water partition coefficient (Wildman–Crippen LogP) is 1.83. The number of nitrogens with zero attached hydrogens (tertiary/aromatic N) is 1. The monoisotopic (exact) mass is 237 g/mol. The zero-order chi connectivity index (χ0) is 12.9. The number of hydrogen-bond acceptors (Lipinski definition) is 2. The van der Waals surface area contributed by atoms with Crippen LogP contribution in [0.2, 0.25) is 0 Å². The maximum atomic E-state index is 11.7. The largest absolute Gasteiger partial charge is 0.481 e. The van der Waals surface area contributed by atoms with Crippen LogP contribution in [-0.2, 0) is 9.59 Å². The summed E-state index contributed by atoms with van der Waals surface area (Å²) < 4.78 is 0. The van der Waals surface area contributed by atoms with Gasteiger partial charge in [-0.2, -0.15) is 0 Å². The number of piperidine rings is 1. The molecule has 0 aliphatic carbocycles. The summed E-state index contributed by atoms with van der Waals surface area (Å²) in [6.45, 7) is 4.66. The molecule has 0 spiro atoms. The van der Waals surface area contributed by atoms with Gasteiger partial charge in [-0.15, -0.1) is 0 Å². The third-order valence-electron chi connectivity index (χ3n) is 3.24. The number of likely N-dealkylation sites (tertiary alicyclic amines) is 1. The van der Waals surface area contributed by atoms with Crippen LogP contribution in [0.3, 0.4) is 0 Å². The van der Waals surface area contributed by atoms with Crippen molar-refractivity contribution in [3.05, 3.63) is 24.3 Å². The van der Waals surface area contributed by atoms with Crippen molar-refractivity contribution in [2.24, 2.45) is 5.41 Å². The molecule has 0 aromatic heterocycles. The van der Waals surface area contributed by atoms with E-state index in [1.165, 1.54) is 6.08 Å². The normalized spacial score (nSPS) is 20.0. The minimum absolute atomic E-state index is 0.0458. The molecule has 1 heterocycles. The molecule has 1 fully saturated rings. The number of carboxylic acids is 1. The lowest BCUT2D eigenvalue weighted by Gasteiger charge is -2.35. The molecule has 4 nitrogen and oxygen atoms in total. The maximum absolute atomic E-state index is 11.7. The van der Waals surface area contributed by atoms with Crippen LogP contribution in [0.25, 0.3) is 0 Å². The van der Waals surface area contributed by atoms with Crippen LogP contribution in [0.4, 0.5) is 0 Å². The molecule has 0 bridgehead atoms. The van der Waals surface area contributed by atoms with Crippen molar-refractivity contribution in [1.82, 2.24) is 4.90 Å². The van der Waals surface area contributed by atoms with E-state index in [4.69, 9.17) is 5.11 Å². The Morgan fingerprint density at radius 2 is 1.82 bits per heavy atom. The molecule has 0 unspecified atom stereocenters. The molecular weight excluding hydrogens is 218 g/mol. The van der Waals surface area contributed by atoms with Gasteiger partial charge in [-0.25, -0.2) is 0 Å². The van der Waals surface area contributed by atoms with Crippen molar-refractivity contribution in [1.29, 1.82) is 0 Å². The zero-order valence-electron chi connectivity index (χ0n) is 10.3. The zero-order valence-corrected chi connectivity index (χ0v) is 10.3. The van der Waals surface area contributed by atoms with Crippen LogP contribution in [-0.4, -0.2) is 35.0 Å². The maximum Gasteiger partial charge on any atom is 0.309 e. The van der Waals surface area contributed by atoms with E-state index < -0.39 is 11.4 Å². The molecule has 0 aromatic carbocycles. The van der Waals surface area contributed by atoms with E-state index >= 15 is 0 Å². The van der Waals surface area contributed by atoms with Crippen LogP contribution in [0.15, 0.2) is 24.3 Å². The summed E-state index contributed by atoms with van der Waals surface area (Å²) in [4.78, 5) is 24.4. The van der Waals surface area contributed by atoms with E-state index in [0.717, 1.165) is 0 Å². The second-order valence-corrected chi connectivity index (χ2v) is 4.58. The van der Waals surface area contributed by atoms with Gasteiger partial charge in [-0.3, -0.25) is 9.59 Å². The van der Waals surface area contributed by atoms with Gasteiger partial charge >= 0.3 is 5.97 Å². The van der Waals surface area contributed by atoms with Crippen LogP contribution in [0.5, 0.6) is 0 Å². The average molecular weight is 237 g/mol. The standard InChI is InChI=1S/C13H19NO3/c1-3-4-5-6-11(15)14-9-7-13(2,8-10-14)12(16)17/h3-6H,7-10H2,1-2H3,(H,16,17)/b4-3+,6-5+. The van der Waals surface area contributed by atoms with Crippen molar-refractivity contribution < 1.29 is 14.7 Å². The van der Waals surface area contributed by atoms with Crippen LogP contribution in [0.1, 0.15) is 26.7 Å². The minimum Gasteiger partial charge on any atom is -0.481 e. The Balaban J connectivity index is 2.52. The van der Waals surface area contributed by atoms with Crippen LogP contribution >= 0.6 is 0 Å². The quantitative estimate of drug-likeness (QED) is 0.602. The number of carbonyl (C=O) groups excluding carboxylic acids is 1. The number of carboxylic acid groups (broad SMARTS) is 1. The molecule has 1 saturated heterocycles. The second kappa shape index (κ2) is 5.66. The fraction of sp³-hybridized carbons (Fsp3) is 0.538. The van der Waals surface area contributed by atoms with Gasteiger partial charge in [0.2, 0.25) is 5.91 Å². The lowest BCUT2D eigenvalue weighted by Crippen LogP contribution is -2.44. The summed E-state index contributed by atoms with van der Waals surface area (Å²) >= 11 is 0. The van der Waals surface area contributed by atoms with Gasteiger partial charge in [-0.1, -0.05) is 18.2 Å². The highest BCUT2D eigenvalue weighted by atomic mass is 16.4. The van der Waals surface area contributed by atoms with E-state index in [0.29, 0.717) is 25.9 Å². The number of allylic oxidation sites excluding steroid dienone is 3. The lowest BCUT2D eigenvalue weighted by molar-refractivity contribution is -0.152. The molecule has 4 heteroatoms. The van der Waals surface area contributed by atoms with Crippen molar-refractivity contribution in [3.63, 3.8) is 0 Å². The van der Waals surface area contributed by atoms with E-state index in [1.54, 1.807) is 24.0 Å². The molecule has 0 saturated carbocycles. The predicted molar refractivity (Wildman–Crippen MR) is 65.5 cm³/mol. The molecule has 0 aromatic rings. The summed E-state index contributed by atoms with van der Waals surface area (Å²) in [7, 11) is 0. The van der Waals surface area contributed by atoms with Crippen molar-refractivity contribution in [3.8, 4) is 0 Å². The molecule has 1 rings (SSSR count). The van der Waals surface area contributed by atoms with Crippen molar-refractivity contribution >= 4 is 11.9 Å². The van der Waals surface area contributed by atoms with Gasteiger partial charge in [0.05, 0.1) is 5.41 Å². The number of amides is 1. The summed E-state index contributed by atoms with van der Waals surface area (Å²) in [6.07, 6.45) is 7.90. The van der Waals surface area contributed by atoms with Gasteiger partial charge in [0.25, 0.3) is 0 Å². The molecule has 1 amide bonds. The third-order valence-corrected chi connectivity index (χ3v) is 3.24. The first-order valence-corrected chi connectivity index (χ1v) is 5.81. The first-order valence-electron chi connectivity index (χ1n) is 5.81. The van der Waals surface area contributed by atoms with Crippen LogP contribution < -0.4 is 0 Å². The number of hydrogen-bond donors (Lipinski definition) is 1. The molecular formula is C13H19NO3. The Bertz CT molecular complexity index is 350. The SMILES string of the molecule is C/C=C/C=C/C(=O)N1CCC(C)(C(=O)O)CC1. The highest BCUT2D eigenvalue weighted by Gasteiger charge is 2.37. The third kappa shape index (κ3) is 3.44. The minimum atomic E-state index is -0.769. The summed E-state index contributed by atoms with van der Waals surface area (Å²) in [5.74, 6) is -0.815. The Labute approximate surface area is 102 Å². The Kier molecular flexibility index (Phi) is 4.49. The number of aliphatic carboxylic acids is 1. The molecule has 0 radical (unpaired) electrons. The lowest BCUT2D eigenvalue weighted by atomic mass is 9.80. The first-order chi connectivity index (χ1) is 7.99. The van der Waals surface area contributed by atoms with Gasteiger partial charge < -0.3 is 10.0 Å². The Morgan fingerprint density at radius 3 is 2.29 bits per heavy atom. The highest BCUT2D eigenvalue weighted by molar-refractivity contribution is 5.88. The van der Waals surface area contributed by atoms with Gasteiger partial charge in [-0.05, 0) is 26.7 Å². The van der Waals surface area contributed by atoms with E-state index in [2.05, 4.69) is 0 Å². The summed E-state index contributed by atoms with van der Waals surface area (Å²) in [6, 6.07) is 0. The molecule has 1 N–H and O–H groups in total. The molecule has 1 aliphatic heterocycles. The fourth-order valence-electron chi connectivity index (χ4n) is 1.79. The van der Waals surface area contributed by atoms with E-state index in [1.807, 2.05) is 13.0 Å². The average Bonchev–Trinajstić information content (AvgIpc) is 2.30. The highest BCUT2D eigenvalue weighted by Crippen LogP contribution is 2.30. The Morgan fingerprint density at radius 1 is 1.24 bits per heavy atom. The van der Waals surface area contributed by atoms with Gasteiger partial charge in [0, 0.05) is 19.2 Å². The van der Waals surface area contributed by atoms with Crippen molar-refractivity contribution in [2.45, 2.75) is 26.7 Å². The smallest absolute Gasteiger partial charge is 0.309 e. The summed E-state index contributed by atoms with van der Waals surface area (Å²) in [5.41, 5.74) is -0.677. The summed E-state index contributed by atoms with van der Waals surface area (Å²) in [5, 5.41) is 9.07. The van der Waals surface area contributed by atoms with Gasteiger partial charge in [0.1, 0.15) is 0 Å². The molecule has 17 heavy (non-hydrogen) atoms. The van der Waals surface area contributed by atoms with E-state index in [-0.39, 0.29) is 5.91 Å². The van der Waals surface area contributed by atoms with Gasteiger partial charge in [0.15, 0.2) is 0 Å². The fourth-order valence-corrected chi connectivity index (χ4v) is 1.79.